The van der Waals surface area contributed by atoms with E-state index in [9.17, 15) is 0 Å². The number of benzene rings is 1. The van der Waals surface area contributed by atoms with Gasteiger partial charge in [0.25, 0.3) is 0 Å². The maximum absolute atomic E-state index is 5.96. The summed E-state index contributed by atoms with van der Waals surface area (Å²) in [6.07, 6.45) is 1.79. The molecule has 0 spiro atoms. The molecular weight excluding hydrogens is 246 g/mol. The van der Waals surface area contributed by atoms with Gasteiger partial charge in [-0.25, -0.2) is 0 Å². The first-order valence-corrected chi connectivity index (χ1v) is 7.02. The van der Waals surface area contributed by atoms with Crippen LogP contribution in [0.5, 0.6) is 5.75 Å². The summed E-state index contributed by atoms with van der Waals surface area (Å²) in [7, 11) is 0. The van der Waals surface area contributed by atoms with Crippen molar-refractivity contribution < 1.29 is 4.74 Å². The van der Waals surface area contributed by atoms with Crippen molar-refractivity contribution in [1.82, 2.24) is 4.98 Å². The Labute approximate surface area is 121 Å². The summed E-state index contributed by atoms with van der Waals surface area (Å²) >= 11 is 0. The topological polar surface area (TPSA) is 22.1 Å². The minimum atomic E-state index is 0.162. The zero-order valence-electron chi connectivity index (χ0n) is 13.0. The van der Waals surface area contributed by atoms with Gasteiger partial charge in [0.1, 0.15) is 12.4 Å². The summed E-state index contributed by atoms with van der Waals surface area (Å²) in [6, 6.07) is 10.3. The number of aromatic nitrogens is 1. The number of nitrogens with zero attached hydrogens (tertiary/aromatic N) is 1. The molecule has 1 heterocycles. The molecule has 0 aliphatic carbocycles. The van der Waals surface area contributed by atoms with Gasteiger partial charge in [0, 0.05) is 6.20 Å². The molecule has 2 rings (SSSR count). The van der Waals surface area contributed by atoms with E-state index in [0.29, 0.717) is 6.61 Å². The average Bonchev–Trinajstić information content (AvgIpc) is 2.37. The van der Waals surface area contributed by atoms with Gasteiger partial charge in [-0.3, -0.25) is 4.98 Å². The molecule has 2 aromatic rings. The van der Waals surface area contributed by atoms with Crippen LogP contribution in [0.3, 0.4) is 0 Å². The SMILES string of the molecule is Cc1cc(C(C)(C)C)cc(C)c1OCc1ccccn1. The summed E-state index contributed by atoms with van der Waals surface area (Å²) in [4.78, 5) is 4.28. The second-order valence-electron chi connectivity index (χ2n) is 6.30. The third-order valence-corrected chi connectivity index (χ3v) is 3.42. The van der Waals surface area contributed by atoms with Crippen molar-refractivity contribution >= 4 is 0 Å². The van der Waals surface area contributed by atoms with E-state index in [2.05, 4.69) is 51.7 Å². The number of hydrogen-bond acceptors (Lipinski definition) is 2. The van der Waals surface area contributed by atoms with Crippen molar-refractivity contribution in [1.29, 1.82) is 0 Å². The Kier molecular flexibility index (Phi) is 4.12. The lowest BCUT2D eigenvalue weighted by molar-refractivity contribution is 0.297. The van der Waals surface area contributed by atoms with Crippen molar-refractivity contribution in [2.75, 3.05) is 0 Å². The van der Waals surface area contributed by atoms with Crippen LogP contribution in [0.1, 0.15) is 43.2 Å². The molecule has 0 aliphatic rings. The van der Waals surface area contributed by atoms with Crippen LogP contribution in [-0.2, 0) is 12.0 Å². The highest BCUT2D eigenvalue weighted by Crippen LogP contribution is 2.31. The fourth-order valence-electron chi connectivity index (χ4n) is 2.24. The van der Waals surface area contributed by atoms with E-state index in [-0.39, 0.29) is 5.41 Å². The molecule has 0 saturated heterocycles. The minimum absolute atomic E-state index is 0.162. The molecule has 20 heavy (non-hydrogen) atoms. The quantitative estimate of drug-likeness (QED) is 0.814. The fraction of sp³-hybridized carbons (Fsp3) is 0.389. The zero-order valence-corrected chi connectivity index (χ0v) is 13.0. The lowest BCUT2D eigenvalue weighted by atomic mass is 9.85. The molecule has 0 N–H and O–H groups in total. The van der Waals surface area contributed by atoms with Gasteiger partial charge in [-0.15, -0.1) is 0 Å². The third-order valence-electron chi connectivity index (χ3n) is 3.42. The lowest BCUT2D eigenvalue weighted by Gasteiger charge is -2.22. The molecular formula is C18H23NO. The summed E-state index contributed by atoms with van der Waals surface area (Å²) in [6.45, 7) is 11.4. The van der Waals surface area contributed by atoms with E-state index in [1.54, 1.807) is 6.20 Å². The van der Waals surface area contributed by atoms with E-state index in [1.807, 2.05) is 18.2 Å². The summed E-state index contributed by atoms with van der Waals surface area (Å²) < 4.78 is 5.96. The van der Waals surface area contributed by atoms with Crippen LogP contribution in [-0.4, -0.2) is 4.98 Å². The first-order chi connectivity index (χ1) is 9.38. The largest absolute Gasteiger partial charge is 0.487 e. The Balaban J connectivity index is 2.21. The monoisotopic (exact) mass is 269 g/mol. The van der Waals surface area contributed by atoms with Crippen LogP contribution in [0.25, 0.3) is 0 Å². The Morgan fingerprint density at radius 3 is 2.20 bits per heavy atom. The third kappa shape index (κ3) is 3.38. The highest BCUT2D eigenvalue weighted by Gasteiger charge is 2.16. The van der Waals surface area contributed by atoms with Crippen LogP contribution < -0.4 is 4.74 Å². The Morgan fingerprint density at radius 2 is 1.70 bits per heavy atom. The van der Waals surface area contributed by atoms with Crippen LogP contribution in [0.15, 0.2) is 36.5 Å². The van der Waals surface area contributed by atoms with E-state index < -0.39 is 0 Å². The van der Waals surface area contributed by atoms with Gasteiger partial charge in [0.15, 0.2) is 0 Å². The number of pyridine rings is 1. The maximum atomic E-state index is 5.96. The predicted octanol–water partition coefficient (Wildman–Crippen LogP) is 4.57. The predicted molar refractivity (Wildman–Crippen MR) is 83.2 cm³/mol. The molecule has 0 radical (unpaired) electrons. The first kappa shape index (κ1) is 14.6. The average molecular weight is 269 g/mol. The van der Waals surface area contributed by atoms with Gasteiger partial charge < -0.3 is 4.74 Å². The van der Waals surface area contributed by atoms with Crippen LogP contribution in [0, 0.1) is 13.8 Å². The summed E-state index contributed by atoms with van der Waals surface area (Å²) in [5.41, 5.74) is 4.83. The van der Waals surface area contributed by atoms with Gasteiger partial charge >= 0.3 is 0 Å². The molecule has 0 unspecified atom stereocenters. The van der Waals surface area contributed by atoms with Crippen molar-refractivity contribution in [3.8, 4) is 5.75 Å². The van der Waals surface area contributed by atoms with Crippen LogP contribution >= 0.6 is 0 Å². The molecule has 2 heteroatoms. The van der Waals surface area contributed by atoms with E-state index in [4.69, 9.17) is 4.74 Å². The minimum Gasteiger partial charge on any atom is -0.487 e. The van der Waals surface area contributed by atoms with Gasteiger partial charge in [-0.2, -0.15) is 0 Å². The second-order valence-corrected chi connectivity index (χ2v) is 6.30. The molecule has 106 valence electrons. The van der Waals surface area contributed by atoms with Crippen LogP contribution in [0.4, 0.5) is 0 Å². The fourth-order valence-corrected chi connectivity index (χ4v) is 2.24. The molecule has 0 aliphatic heterocycles. The van der Waals surface area contributed by atoms with Gasteiger partial charge in [-0.1, -0.05) is 39.0 Å². The number of aryl methyl sites for hydroxylation is 2. The Bertz CT molecular complexity index is 559. The highest BCUT2D eigenvalue weighted by molar-refractivity contribution is 5.45. The molecule has 0 saturated carbocycles. The van der Waals surface area contributed by atoms with Crippen molar-refractivity contribution in [2.45, 2.75) is 46.6 Å². The highest BCUT2D eigenvalue weighted by atomic mass is 16.5. The van der Waals surface area contributed by atoms with E-state index >= 15 is 0 Å². The van der Waals surface area contributed by atoms with Crippen molar-refractivity contribution in [2.24, 2.45) is 0 Å². The number of hydrogen-bond donors (Lipinski definition) is 0. The second kappa shape index (κ2) is 5.66. The molecule has 0 atom stereocenters. The molecule has 2 nitrogen and oxygen atoms in total. The van der Waals surface area contributed by atoms with Gasteiger partial charge in [-0.05, 0) is 48.1 Å². The van der Waals surface area contributed by atoms with Crippen LogP contribution in [0.2, 0.25) is 0 Å². The van der Waals surface area contributed by atoms with Crippen molar-refractivity contribution in [3.05, 3.63) is 58.9 Å². The summed E-state index contributed by atoms with van der Waals surface area (Å²) in [5, 5.41) is 0. The first-order valence-electron chi connectivity index (χ1n) is 7.02. The van der Waals surface area contributed by atoms with E-state index in [1.165, 1.54) is 16.7 Å². The van der Waals surface area contributed by atoms with Gasteiger partial charge in [0.05, 0.1) is 5.69 Å². The number of rotatable bonds is 3. The molecule has 1 aromatic heterocycles. The van der Waals surface area contributed by atoms with Gasteiger partial charge in [0.2, 0.25) is 0 Å². The molecule has 0 bridgehead atoms. The number of ether oxygens (including phenoxy) is 1. The molecule has 1 aromatic carbocycles. The maximum Gasteiger partial charge on any atom is 0.130 e. The van der Waals surface area contributed by atoms with Crippen molar-refractivity contribution in [3.63, 3.8) is 0 Å². The normalized spacial score (nSPS) is 11.4. The zero-order chi connectivity index (χ0) is 14.8. The lowest BCUT2D eigenvalue weighted by Crippen LogP contribution is -2.12. The molecule has 0 fully saturated rings. The standard InChI is InChI=1S/C18H23NO/c1-13-10-15(18(3,4)5)11-14(2)17(13)20-12-16-8-6-7-9-19-16/h6-11H,12H2,1-5H3. The molecule has 0 amide bonds. The van der Waals surface area contributed by atoms with E-state index in [0.717, 1.165) is 11.4 Å². The Morgan fingerprint density at radius 1 is 1.05 bits per heavy atom. The Hall–Kier alpha value is -1.83. The summed E-state index contributed by atoms with van der Waals surface area (Å²) in [5.74, 6) is 0.976. The smallest absolute Gasteiger partial charge is 0.130 e.